The maximum Gasteiger partial charge on any atom is 0.242 e. The lowest BCUT2D eigenvalue weighted by molar-refractivity contribution is 0.414. The van der Waals surface area contributed by atoms with Gasteiger partial charge in [-0.25, -0.2) is 13.1 Å². The first-order valence-electron chi connectivity index (χ1n) is 6.42. The molecule has 1 aliphatic rings. The van der Waals surface area contributed by atoms with Gasteiger partial charge in [-0.3, -0.25) is 0 Å². The van der Waals surface area contributed by atoms with Gasteiger partial charge in [0.05, 0.1) is 3.79 Å². The maximum atomic E-state index is 12.3. The minimum absolute atomic E-state index is 0.309. The third kappa shape index (κ3) is 3.58. The molecule has 0 spiro atoms. The van der Waals surface area contributed by atoms with E-state index in [0.29, 0.717) is 33.6 Å². The van der Waals surface area contributed by atoms with Crippen LogP contribution in [0, 0.1) is 11.8 Å². The normalized spacial score (nSPS) is 23.9. The molecule has 3 N–H and O–H groups in total. The number of halogens is 1. The van der Waals surface area contributed by atoms with Gasteiger partial charge in [0.15, 0.2) is 0 Å². The molecule has 2 unspecified atom stereocenters. The van der Waals surface area contributed by atoms with E-state index in [9.17, 15) is 8.42 Å². The molecule has 7 heteroatoms. The Hall–Kier alpha value is 0.0500. The first kappa shape index (κ1) is 15.4. The van der Waals surface area contributed by atoms with Crippen molar-refractivity contribution in [1.29, 1.82) is 0 Å². The van der Waals surface area contributed by atoms with Crippen LogP contribution in [0.3, 0.4) is 0 Å². The van der Waals surface area contributed by atoms with Gasteiger partial charge in [0.25, 0.3) is 0 Å². The van der Waals surface area contributed by atoms with Gasteiger partial charge < -0.3 is 5.73 Å². The van der Waals surface area contributed by atoms with Crippen molar-refractivity contribution in [3.63, 3.8) is 0 Å². The van der Waals surface area contributed by atoms with Crippen molar-refractivity contribution in [3.8, 4) is 0 Å². The highest BCUT2D eigenvalue weighted by Crippen LogP contribution is 2.33. The molecule has 4 nitrogen and oxygen atoms in total. The third-order valence-electron chi connectivity index (χ3n) is 3.77. The number of nitrogens with one attached hydrogen (secondary N) is 1. The summed E-state index contributed by atoms with van der Waals surface area (Å²) in [4.78, 5) is 1.17. The van der Waals surface area contributed by atoms with Crippen molar-refractivity contribution in [2.45, 2.75) is 37.6 Å². The van der Waals surface area contributed by atoms with Crippen LogP contribution in [0.4, 0.5) is 0 Å². The van der Waals surface area contributed by atoms with Crippen LogP contribution in [0.2, 0.25) is 0 Å². The monoisotopic (exact) mass is 366 g/mol. The van der Waals surface area contributed by atoms with Gasteiger partial charge in [-0.2, -0.15) is 0 Å². The Balaban J connectivity index is 2.07. The number of rotatable bonds is 5. The zero-order chi connectivity index (χ0) is 14.0. The second kappa shape index (κ2) is 6.22. The highest BCUT2D eigenvalue weighted by Gasteiger charge is 2.26. The lowest BCUT2D eigenvalue weighted by Gasteiger charge is -2.15. The molecule has 0 radical (unpaired) electrons. The van der Waals surface area contributed by atoms with E-state index in [1.165, 1.54) is 24.2 Å². The fourth-order valence-electron chi connectivity index (χ4n) is 2.50. The molecule has 1 heterocycles. The van der Waals surface area contributed by atoms with Gasteiger partial charge >= 0.3 is 0 Å². The molecule has 0 amide bonds. The molecule has 1 fully saturated rings. The SMILES string of the molecule is CC1CCCC1CNS(=O)(=O)c1cc(CN)sc1Br. The van der Waals surface area contributed by atoms with Crippen LogP contribution in [0.25, 0.3) is 0 Å². The maximum absolute atomic E-state index is 12.3. The lowest BCUT2D eigenvalue weighted by Crippen LogP contribution is -2.30. The van der Waals surface area contributed by atoms with Crippen molar-refractivity contribution in [1.82, 2.24) is 4.72 Å². The summed E-state index contributed by atoms with van der Waals surface area (Å²) >= 11 is 4.68. The zero-order valence-electron chi connectivity index (χ0n) is 10.9. The summed E-state index contributed by atoms with van der Waals surface area (Å²) in [5.74, 6) is 1.06. The van der Waals surface area contributed by atoms with Crippen molar-refractivity contribution in [3.05, 3.63) is 14.7 Å². The molecule has 19 heavy (non-hydrogen) atoms. The highest BCUT2D eigenvalue weighted by atomic mass is 79.9. The molecule has 2 rings (SSSR count). The second-order valence-corrected chi connectivity index (χ2v) is 9.26. The number of thiophene rings is 1. The number of nitrogens with two attached hydrogens (primary N) is 1. The predicted octanol–water partition coefficient (Wildman–Crippen LogP) is 2.68. The Bertz CT molecular complexity index is 542. The Labute approximate surface area is 127 Å². The average molecular weight is 367 g/mol. The van der Waals surface area contributed by atoms with Gasteiger partial charge in [-0.1, -0.05) is 19.8 Å². The summed E-state index contributed by atoms with van der Waals surface area (Å²) < 4.78 is 27.9. The summed E-state index contributed by atoms with van der Waals surface area (Å²) in [5, 5.41) is 0. The fraction of sp³-hybridized carbons (Fsp3) is 0.667. The summed E-state index contributed by atoms with van der Waals surface area (Å²) in [6.07, 6.45) is 3.52. The zero-order valence-corrected chi connectivity index (χ0v) is 14.1. The molecule has 1 saturated carbocycles. The van der Waals surface area contributed by atoms with Gasteiger partial charge in [0.1, 0.15) is 4.90 Å². The standard InChI is InChI=1S/C12H19BrN2O2S2/c1-8-3-2-4-9(8)7-15-19(16,17)11-5-10(6-14)18-12(11)13/h5,8-9,15H,2-4,6-7,14H2,1H3. The van der Waals surface area contributed by atoms with Crippen molar-refractivity contribution < 1.29 is 8.42 Å². The molecule has 1 aromatic rings. The molecule has 0 saturated heterocycles. The van der Waals surface area contributed by atoms with Gasteiger partial charge in [-0.05, 0) is 40.3 Å². The lowest BCUT2D eigenvalue weighted by atomic mass is 9.99. The smallest absolute Gasteiger partial charge is 0.242 e. The second-order valence-electron chi connectivity index (χ2n) is 5.07. The molecular formula is C12H19BrN2O2S2. The van der Waals surface area contributed by atoms with E-state index >= 15 is 0 Å². The number of hydrogen-bond donors (Lipinski definition) is 2. The third-order valence-corrected chi connectivity index (χ3v) is 7.47. The summed E-state index contributed by atoms with van der Waals surface area (Å²) in [5.41, 5.74) is 5.54. The summed E-state index contributed by atoms with van der Waals surface area (Å²) in [6, 6.07) is 1.65. The quantitative estimate of drug-likeness (QED) is 0.841. The van der Waals surface area contributed by atoms with Gasteiger partial charge in [-0.15, -0.1) is 11.3 Å². The van der Waals surface area contributed by atoms with Crippen LogP contribution in [0.15, 0.2) is 14.7 Å². The molecule has 1 aromatic heterocycles. The van der Waals surface area contributed by atoms with E-state index in [-0.39, 0.29) is 0 Å². The predicted molar refractivity (Wildman–Crippen MR) is 81.6 cm³/mol. The topological polar surface area (TPSA) is 72.2 Å². The Morgan fingerprint density at radius 3 is 2.79 bits per heavy atom. The first-order valence-corrected chi connectivity index (χ1v) is 9.51. The molecule has 0 aromatic carbocycles. The first-order chi connectivity index (χ1) is 8.94. The van der Waals surface area contributed by atoms with Gasteiger partial charge in [0.2, 0.25) is 10.0 Å². The highest BCUT2D eigenvalue weighted by molar-refractivity contribution is 9.11. The number of sulfonamides is 1. The Kier molecular flexibility index (Phi) is 5.05. The van der Waals surface area contributed by atoms with Crippen LogP contribution in [0.5, 0.6) is 0 Å². The minimum atomic E-state index is -3.43. The minimum Gasteiger partial charge on any atom is -0.326 e. The molecular weight excluding hydrogens is 348 g/mol. The molecule has 1 aliphatic carbocycles. The fourth-order valence-corrected chi connectivity index (χ4v) is 6.16. The van der Waals surface area contributed by atoms with Crippen molar-refractivity contribution >= 4 is 37.3 Å². The summed E-state index contributed by atoms with van der Waals surface area (Å²) in [6.45, 7) is 3.08. The Morgan fingerprint density at radius 1 is 1.53 bits per heavy atom. The van der Waals surface area contributed by atoms with E-state index in [2.05, 4.69) is 27.6 Å². The molecule has 0 bridgehead atoms. The molecule has 2 atom stereocenters. The van der Waals surface area contributed by atoms with E-state index in [4.69, 9.17) is 5.73 Å². The van der Waals surface area contributed by atoms with E-state index in [1.54, 1.807) is 6.07 Å². The van der Waals surface area contributed by atoms with Crippen LogP contribution in [-0.2, 0) is 16.6 Å². The average Bonchev–Trinajstić information content (AvgIpc) is 2.93. The largest absolute Gasteiger partial charge is 0.326 e. The number of hydrogen-bond acceptors (Lipinski definition) is 4. The van der Waals surface area contributed by atoms with Crippen molar-refractivity contribution in [2.75, 3.05) is 6.54 Å². The van der Waals surface area contributed by atoms with Crippen LogP contribution in [0.1, 0.15) is 31.1 Å². The Morgan fingerprint density at radius 2 is 2.26 bits per heavy atom. The van der Waals surface area contributed by atoms with Crippen LogP contribution in [-0.4, -0.2) is 15.0 Å². The van der Waals surface area contributed by atoms with E-state index < -0.39 is 10.0 Å². The molecule has 0 aliphatic heterocycles. The van der Waals surface area contributed by atoms with E-state index in [0.717, 1.165) is 11.3 Å². The van der Waals surface area contributed by atoms with Crippen molar-refractivity contribution in [2.24, 2.45) is 17.6 Å². The van der Waals surface area contributed by atoms with Gasteiger partial charge in [0, 0.05) is 18.0 Å². The summed E-state index contributed by atoms with van der Waals surface area (Å²) in [7, 11) is -3.43. The van der Waals surface area contributed by atoms with Crippen LogP contribution < -0.4 is 10.5 Å². The van der Waals surface area contributed by atoms with E-state index in [1.807, 2.05) is 0 Å². The molecule has 108 valence electrons. The van der Waals surface area contributed by atoms with Crippen LogP contribution >= 0.6 is 27.3 Å².